The first-order valence-electron chi connectivity index (χ1n) is 6.41. The molecule has 1 atom stereocenters. The molecule has 1 amide bonds. The number of halogens is 1. The molecule has 0 saturated heterocycles. The van der Waals surface area contributed by atoms with Crippen LogP contribution in [0.25, 0.3) is 0 Å². The lowest BCUT2D eigenvalue weighted by Gasteiger charge is -2.18. The van der Waals surface area contributed by atoms with E-state index in [-0.39, 0.29) is 24.8 Å². The standard InChI is InChI=1S/C14H17ClN2O3S/c1-4-21(19,20)17-9-10(7-14(18)16(2)3)12-8-11(15)5-6-13(12)17/h4-6,8,10H,1,7,9H2,2-3H3. The highest BCUT2D eigenvalue weighted by Crippen LogP contribution is 2.41. The van der Waals surface area contributed by atoms with Gasteiger partial charge in [-0.2, -0.15) is 0 Å². The SMILES string of the molecule is C=CS(=O)(=O)N1CC(CC(=O)N(C)C)c2cc(Cl)ccc21. The molecule has 7 heteroatoms. The molecule has 1 unspecified atom stereocenters. The number of rotatable bonds is 4. The Morgan fingerprint density at radius 3 is 2.76 bits per heavy atom. The Balaban J connectivity index is 2.42. The first-order chi connectivity index (χ1) is 9.76. The number of hydrogen-bond donors (Lipinski definition) is 0. The second-order valence-electron chi connectivity index (χ2n) is 5.14. The van der Waals surface area contributed by atoms with Crippen molar-refractivity contribution in [2.24, 2.45) is 0 Å². The van der Waals surface area contributed by atoms with Crippen molar-refractivity contribution in [3.05, 3.63) is 40.8 Å². The molecule has 1 heterocycles. The molecule has 1 aliphatic rings. The zero-order chi connectivity index (χ0) is 15.8. The molecule has 0 N–H and O–H groups in total. The molecule has 0 bridgehead atoms. The molecule has 0 aromatic heterocycles. The topological polar surface area (TPSA) is 57.7 Å². The summed E-state index contributed by atoms with van der Waals surface area (Å²) in [4.78, 5) is 13.4. The Hall–Kier alpha value is -1.53. The third-order valence-corrected chi connectivity index (χ3v) is 5.14. The number of hydrogen-bond acceptors (Lipinski definition) is 3. The number of fused-ring (bicyclic) bond motifs is 1. The maximum Gasteiger partial charge on any atom is 0.256 e. The molecule has 1 aliphatic heterocycles. The highest BCUT2D eigenvalue weighted by atomic mass is 35.5. The van der Waals surface area contributed by atoms with Crippen LogP contribution in [-0.4, -0.2) is 39.9 Å². The van der Waals surface area contributed by atoms with Crippen molar-refractivity contribution in [1.29, 1.82) is 0 Å². The second-order valence-corrected chi connectivity index (χ2v) is 7.38. The minimum Gasteiger partial charge on any atom is -0.349 e. The Morgan fingerprint density at radius 1 is 1.52 bits per heavy atom. The third kappa shape index (κ3) is 3.06. The van der Waals surface area contributed by atoms with E-state index in [1.807, 2.05) is 0 Å². The van der Waals surface area contributed by atoms with Gasteiger partial charge in [-0.05, 0) is 23.8 Å². The van der Waals surface area contributed by atoms with Gasteiger partial charge < -0.3 is 4.90 Å². The van der Waals surface area contributed by atoms with E-state index in [9.17, 15) is 13.2 Å². The summed E-state index contributed by atoms with van der Waals surface area (Å²) in [6.07, 6.45) is 0.240. The number of sulfonamides is 1. The van der Waals surface area contributed by atoms with Gasteiger partial charge in [0.1, 0.15) is 0 Å². The molecule has 0 fully saturated rings. The van der Waals surface area contributed by atoms with Crippen LogP contribution in [0.2, 0.25) is 5.02 Å². The van der Waals surface area contributed by atoms with Gasteiger partial charge in [0.2, 0.25) is 5.91 Å². The van der Waals surface area contributed by atoms with E-state index >= 15 is 0 Å². The van der Waals surface area contributed by atoms with Crippen LogP contribution in [0.15, 0.2) is 30.2 Å². The molecule has 0 saturated carbocycles. The molecule has 21 heavy (non-hydrogen) atoms. The summed E-state index contributed by atoms with van der Waals surface area (Å²) in [6.45, 7) is 3.58. The van der Waals surface area contributed by atoms with E-state index in [4.69, 9.17) is 11.6 Å². The fraction of sp³-hybridized carbons (Fsp3) is 0.357. The normalized spacial score (nSPS) is 17.5. The van der Waals surface area contributed by atoms with E-state index in [1.165, 1.54) is 9.21 Å². The van der Waals surface area contributed by atoms with Crippen LogP contribution in [0.4, 0.5) is 5.69 Å². The summed E-state index contributed by atoms with van der Waals surface area (Å²) < 4.78 is 25.5. The van der Waals surface area contributed by atoms with Crippen molar-refractivity contribution >= 4 is 33.2 Å². The van der Waals surface area contributed by atoms with Gasteiger partial charge in [0, 0.05) is 43.4 Å². The van der Waals surface area contributed by atoms with E-state index in [0.717, 1.165) is 11.0 Å². The van der Waals surface area contributed by atoms with Crippen LogP contribution in [0, 0.1) is 0 Å². The second kappa shape index (κ2) is 5.69. The molecule has 2 rings (SSSR count). The van der Waals surface area contributed by atoms with Crippen molar-refractivity contribution in [2.75, 3.05) is 24.9 Å². The quantitative estimate of drug-likeness (QED) is 0.851. The van der Waals surface area contributed by atoms with Gasteiger partial charge in [-0.25, -0.2) is 8.42 Å². The van der Waals surface area contributed by atoms with Crippen LogP contribution in [0.1, 0.15) is 17.9 Å². The average molecular weight is 329 g/mol. The summed E-state index contributed by atoms with van der Waals surface area (Å²) >= 11 is 6.00. The van der Waals surface area contributed by atoms with Gasteiger partial charge in [-0.15, -0.1) is 0 Å². The Kier molecular flexibility index (Phi) is 4.30. The molecule has 0 radical (unpaired) electrons. The van der Waals surface area contributed by atoms with E-state index in [1.54, 1.807) is 32.3 Å². The number of amides is 1. The molecule has 1 aromatic rings. The zero-order valence-electron chi connectivity index (χ0n) is 11.9. The highest BCUT2D eigenvalue weighted by Gasteiger charge is 2.35. The summed E-state index contributed by atoms with van der Waals surface area (Å²) in [5.74, 6) is -0.257. The first kappa shape index (κ1) is 15.9. The maximum absolute atomic E-state index is 12.1. The van der Waals surface area contributed by atoms with E-state index in [0.29, 0.717) is 10.7 Å². The predicted octanol–water partition coefficient (Wildman–Crippen LogP) is 2.20. The number of carbonyl (C=O) groups is 1. The lowest BCUT2D eigenvalue weighted by Crippen LogP contribution is -2.29. The fourth-order valence-corrected chi connectivity index (χ4v) is 3.56. The monoisotopic (exact) mass is 328 g/mol. The minimum atomic E-state index is -3.58. The van der Waals surface area contributed by atoms with Crippen LogP contribution in [0.5, 0.6) is 0 Å². The summed E-state index contributed by atoms with van der Waals surface area (Å²) in [7, 11) is -0.234. The first-order valence-corrected chi connectivity index (χ1v) is 8.29. The van der Waals surface area contributed by atoms with Crippen LogP contribution < -0.4 is 4.31 Å². The summed E-state index contributed by atoms with van der Waals surface area (Å²) in [5.41, 5.74) is 1.35. The number of nitrogens with zero attached hydrogens (tertiary/aromatic N) is 2. The van der Waals surface area contributed by atoms with Crippen LogP contribution in [-0.2, 0) is 14.8 Å². The zero-order valence-corrected chi connectivity index (χ0v) is 13.5. The van der Waals surface area contributed by atoms with Crippen LogP contribution >= 0.6 is 11.6 Å². The fourth-order valence-electron chi connectivity index (χ4n) is 2.38. The van der Waals surface area contributed by atoms with Gasteiger partial charge in [0.05, 0.1) is 5.69 Å². The molecular formula is C14H17ClN2O3S. The van der Waals surface area contributed by atoms with Gasteiger partial charge in [0.25, 0.3) is 10.0 Å². The molecule has 0 aliphatic carbocycles. The number of benzene rings is 1. The van der Waals surface area contributed by atoms with Gasteiger partial charge in [-0.3, -0.25) is 9.10 Å². The van der Waals surface area contributed by atoms with Crippen molar-refractivity contribution in [2.45, 2.75) is 12.3 Å². The summed E-state index contributed by atoms with van der Waals surface area (Å²) in [6, 6.07) is 5.03. The minimum absolute atomic E-state index is 0.0521. The Bertz CT molecular complexity index is 685. The Morgan fingerprint density at radius 2 is 2.19 bits per heavy atom. The largest absolute Gasteiger partial charge is 0.349 e. The van der Waals surface area contributed by atoms with Gasteiger partial charge >= 0.3 is 0 Å². The van der Waals surface area contributed by atoms with Crippen molar-refractivity contribution in [1.82, 2.24) is 4.90 Å². The Labute approximate surface area is 129 Å². The third-order valence-electron chi connectivity index (χ3n) is 3.52. The van der Waals surface area contributed by atoms with Gasteiger partial charge in [0.15, 0.2) is 0 Å². The van der Waals surface area contributed by atoms with Crippen LogP contribution in [0.3, 0.4) is 0 Å². The number of anilines is 1. The van der Waals surface area contributed by atoms with Gasteiger partial charge in [-0.1, -0.05) is 18.2 Å². The summed E-state index contributed by atoms with van der Waals surface area (Å²) in [5, 5.41) is 1.44. The van der Waals surface area contributed by atoms with Crippen molar-refractivity contribution in [3.8, 4) is 0 Å². The molecule has 114 valence electrons. The lowest BCUT2D eigenvalue weighted by atomic mass is 9.97. The molecular weight excluding hydrogens is 312 g/mol. The molecule has 5 nitrogen and oxygen atoms in total. The highest BCUT2D eigenvalue weighted by molar-refractivity contribution is 7.95. The van der Waals surface area contributed by atoms with E-state index < -0.39 is 10.0 Å². The predicted molar refractivity (Wildman–Crippen MR) is 84.0 cm³/mol. The smallest absolute Gasteiger partial charge is 0.256 e. The van der Waals surface area contributed by atoms with E-state index in [2.05, 4.69) is 6.58 Å². The molecule has 1 aromatic carbocycles. The average Bonchev–Trinajstić information content (AvgIpc) is 2.77. The van der Waals surface area contributed by atoms with Crippen molar-refractivity contribution < 1.29 is 13.2 Å². The molecule has 0 spiro atoms. The van der Waals surface area contributed by atoms with Crippen molar-refractivity contribution in [3.63, 3.8) is 0 Å². The lowest BCUT2D eigenvalue weighted by molar-refractivity contribution is -0.129. The maximum atomic E-state index is 12.1. The number of carbonyl (C=O) groups excluding carboxylic acids is 1.